The van der Waals surface area contributed by atoms with Crippen LogP contribution < -0.4 is 10.7 Å². The maximum atomic E-state index is 12.3. The summed E-state index contributed by atoms with van der Waals surface area (Å²) < 4.78 is 0. The Labute approximate surface area is 174 Å². The molecule has 5 nitrogen and oxygen atoms in total. The zero-order valence-electron chi connectivity index (χ0n) is 16.3. The fraction of sp³-hybridized carbons (Fsp3) is 0.174. The molecule has 0 atom stereocenters. The third-order valence-electron chi connectivity index (χ3n) is 4.48. The highest BCUT2D eigenvalue weighted by Gasteiger charge is 2.09. The highest BCUT2D eigenvalue weighted by Crippen LogP contribution is 2.20. The van der Waals surface area contributed by atoms with E-state index < -0.39 is 0 Å². The Morgan fingerprint density at radius 2 is 1.76 bits per heavy atom. The van der Waals surface area contributed by atoms with Gasteiger partial charge in [-0.3, -0.25) is 9.59 Å². The number of hydrogen-bond acceptors (Lipinski definition) is 3. The number of fused-ring (bicyclic) bond motifs is 1. The van der Waals surface area contributed by atoms with Crippen LogP contribution in [-0.2, 0) is 16.0 Å². The van der Waals surface area contributed by atoms with Gasteiger partial charge in [0.1, 0.15) is 0 Å². The highest BCUT2D eigenvalue weighted by molar-refractivity contribution is 6.30. The predicted octanol–water partition coefficient (Wildman–Crippen LogP) is 4.87. The topological polar surface area (TPSA) is 70.6 Å². The first kappa shape index (κ1) is 20.6. The minimum absolute atomic E-state index is 0.0800. The van der Waals surface area contributed by atoms with E-state index in [1.165, 1.54) is 0 Å². The van der Waals surface area contributed by atoms with Gasteiger partial charge in [0.15, 0.2) is 0 Å². The van der Waals surface area contributed by atoms with E-state index in [-0.39, 0.29) is 24.7 Å². The van der Waals surface area contributed by atoms with Gasteiger partial charge in [-0.1, -0.05) is 54.1 Å². The quantitative estimate of drug-likeness (QED) is 0.452. The van der Waals surface area contributed by atoms with Crippen molar-refractivity contribution in [2.24, 2.45) is 5.10 Å². The molecule has 2 amide bonds. The second-order valence-corrected chi connectivity index (χ2v) is 7.32. The first-order valence-corrected chi connectivity index (χ1v) is 9.65. The molecule has 6 heteroatoms. The highest BCUT2D eigenvalue weighted by atomic mass is 35.5. The summed E-state index contributed by atoms with van der Waals surface area (Å²) in [5, 5.41) is 9.63. The fourth-order valence-electron chi connectivity index (χ4n) is 3.05. The molecule has 148 valence electrons. The number of halogens is 1. The summed E-state index contributed by atoms with van der Waals surface area (Å²) in [6.45, 7) is 3.57. The summed E-state index contributed by atoms with van der Waals surface area (Å²) in [6.07, 6.45) is 0.297. The molecular formula is C23H22ClN3O2. The van der Waals surface area contributed by atoms with Crippen LogP contribution in [0.15, 0.2) is 65.8 Å². The zero-order chi connectivity index (χ0) is 20.8. The van der Waals surface area contributed by atoms with Crippen molar-refractivity contribution in [3.8, 4) is 0 Å². The molecule has 0 radical (unpaired) electrons. The molecule has 0 aliphatic heterocycles. The Morgan fingerprint density at radius 1 is 1.00 bits per heavy atom. The van der Waals surface area contributed by atoms with E-state index in [1.807, 2.05) is 49.4 Å². The molecule has 0 aliphatic rings. The van der Waals surface area contributed by atoms with Crippen molar-refractivity contribution >= 4 is 45.6 Å². The van der Waals surface area contributed by atoms with Crippen molar-refractivity contribution in [1.29, 1.82) is 0 Å². The van der Waals surface area contributed by atoms with Gasteiger partial charge in [0.05, 0.1) is 12.8 Å². The third kappa shape index (κ3) is 5.65. The molecule has 0 aliphatic carbocycles. The number of anilines is 1. The van der Waals surface area contributed by atoms with Gasteiger partial charge in [0.2, 0.25) is 11.8 Å². The van der Waals surface area contributed by atoms with Crippen molar-refractivity contribution in [2.45, 2.75) is 26.7 Å². The number of aryl methyl sites for hydroxylation is 1. The van der Waals surface area contributed by atoms with Crippen LogP contribution in [0.5, 0.6) is 0 Å². The molecule has 3 aromatic carbocycles. The van der Waals surface area contributed by atoms with Crippen LogP contribution in [0.3, 0.4) is 0 Å². The number of hydrogen-bond donors (Lipinski definition) is 2. The minimum atomic E-state index is -0.227. The number of benzene rings is 3. The molecular weight excluding hydrogens is 386 g/mol. The van der Waals surface area contributed by atoms with Gasteiger partial charge in [0, 0.05) is 16.4 Å². The summed E-state index contributed by atoms with van der Waals surface area (Å²) in [5.74, 6) is -0.436. The summed E-state index contributed by atoms with van der Waals surface area (Å²) in [5.41, 5.74) is 5.56. The van der Waals surface area contributed by atoms with Crippen LogP contribution in [0.4, 0.5) is 5.69 Å². The van der Waals surface area contributed by atoms with E-state index >= 15 is 0 Å². The number of carbonyl (C=O) groups excluding carboxylic acids is 2. The van der Waals surface area contributed by atoms with Gasteiger partial charge < -0.3 is 5.32 Å². The molecule has 0 heterocycles. The number of rotatable bonds is 6. The van der Waals surface area contributed by atoms with Crippen molar-refractivity contribution in [2.75, 3.05) is 5.32 Å². The van der Waals surface area contributed by atoms with E-state index in [2.05, 4.69) is 15.8 Å². The number of hydrazone groups is 1. The van der Waals surface area contributed by atoms with Crippen LogP contribution in [-0.4, -0.2) is 17.5 Å². The fourth-order valence-corrected chi connectivity index (χ4v) is 3.28. The van der Waals surface area contributed by atoms with Crippen molar-refractivity contribution in [3.05, 3.63) is 76.8 Å². The Balaban J connectivity index is 1.56. The van der Waals surface area contributed by atoms with E-state index in [0.717, 1.165) is 21.9 Å². The molecule has 0 aromatic heterocycles. The summed E-state index contributed by atoms with van der Waals surface area (Å²) in [6, 6.07) is 19.1. The maximum Gasteiger partial charge on any atom is 0.244 e. The van der Waals surface area contributed by atoms with Crippen LogP contribution in [0, 0.1) is 6.92 Å². The average Bonchev–Trinajstić information content (AvgIpc) is 2.69. The molecule has 0 saturated carbocycles. The summed E-state index contributed by atoms with van der Waals surface area (Å²) >= 11 is 5.93. The number of nitrogens with zero attached hydrogens (tertiary/aromatic N) is 1. The molecule has 2 N–H and O–H groups in total. The van der Waals surface area contributed by atoms with Gasteiger partial charge in [-0.2, -0.15) is 5.10 Å². The molecule has 29 heavy (non-hydrogen) atoms. The first-order valence-electron chi connectivity index (χ1n) is 9.27. The van der Waals surface area contributed by atoms with Gasteiger partial charge in [-0.25, -0.2) is 5.43 Å². The second-order valence-electron chi connectivity index (χ2n) is 6.88. The van der Waals surface area contributed by atoms with E-state index in [0.29, 0.717) is 16.4 Å². The van der Waals surface area contributed by atoms with Crippen LogP contribution in [0.1, 0.15) is 24.5 Å². The van der Waals surface area contributed by atoms with Crippen molar-refractivity contribution in [3.63, 3.8) is 0 Å². The van der Waals surface area contributed by atoms with Gasteiger partial charge in [-0.05, 0) is 53.9 Å². The van der Waals surface area contributed by atoms with Crippen LogP contribution in [0.25, 0.3) is 10.8 Å². The summed E-state index contributed by atoms with van der Waals surface area (Å²) in [4.78, 5) is 24.5. The van der Waals surface area contributed by atoms with E-state index in [4.69, 9.17) is 11.6 Å². The lowest BCUT2D eigenvalue weighted by Gasteiger charge is -2.09. The minimum Gasteiger partial charge on any atom is -0.326 e. The predicted molar refractivity (Wildman–Crippen MR) is 118 cm³/mol. The van der Waals surface area contributed by atoms with Crippen molar-refractivity contribution < 1.29 is 9.59 Å². The number of carbonyl (C=O) groups is 2. The smallest absolute Gasteiger partial charge is 0.244 e. The Kier molecular flexibility index (Phi) is 6.62. The average molecular weight is 408 g/mol. The van der Waals surface area contributed by atoms with Gasteiger partial charge in [0.25, 0.3) is 0 Å². The summed E-state index contributed by atoms with van der Waals surface area (Å²) in [7, 11) is 0. The number of nitrogens with one attached hydrogen (secondary N) is 2. The molecule has 0 unspecified atom stereocenters. The first-order chi connectivity index (χ1) is 13.9. The second kappa shape index (κ2) is 9.34. The molecule has 0 fully saturated rings. The maximum absolute atomic E-state index is 12.3. The van der Waals surface area contributed by atoms with E-state index in [9.17, 15) is 9.59 Å². The standard InChI is InChI=1S/C23H22ClN3O2/c1-15-12-19(24)10-11-21(15)25-22(28)13-16(2)26-27-23(29)14-18-8-5-7-17-6-3-4-9-20(17)18/h3-12H,13-14H2,1-2H3,(H,25,28)(H,27,29)/b26-16-. The van der Waals surface area contributed by atoms with E-state index in [1.54, 1.807) is 25.1 Å². The normalized spacial score (nSPS) is 11.3. The largest absolute Gasteiger partial charge is 0.326 e. The monoisotopic (exact) mass is 407 g/mol. The Bertz CT molecular complexity index is 1090. The van der Waals surface area contributed by atoms with Gasteiger partial charge in [-0.15, -0.1) is 0 Å². The molecule has 0 saturated heterocycles. The molecule has 0 bridgehead atoms. The van der Waals surface area contributed by atoms with Crippen LogP contribution in [0.2, 0.25) is 5.02 Å². The van der Waals surface area contributed by atoms with Crippen molar-refractivity contribution in [1.82, 2.24) is 5.43 Å². The Hall–Kier alpha value is -3.18. The molecule has 3 rings (SSSR count). The lowest BCUT2D eigenvalue weighted by Crippen LogP contribution is -2.23. The SMILES string of the molecule is C/C(CC(=O)Nc1ccc(Cl)cc1C)=N/NC(=O)Cc1cccc2ccccc12. The Morgan fingerprint density at radius 3 is 2.55 bits per heavy atom. The lowest BCUT2D eigenvalue weighted by atomic mass is 10.0. The number of amides is 2. The van der Waals surface area contributed by atoms with Gasteiger partial charge >= 0.3 is 0 Å². The van der Waals surface area contributed by atoms with Crippen LogP contribution >= 0.6 is 11.6 Å². The molecule has 0 spiro atoms. The third-order valence-corrected chi connectivity index (χ3v) is 4.72. The zero-order valence-corrected chi connectivity index (χ0v) is 17.1. The lowest BCUT2D eigenvalue weighted by molar-refractivity contribution is -0.120. The molecule has 3 aromatic rings.